The molecule has 11 heavy (non-hydrogen) atoms. The predicted octanol–water partition coefficient (Wildman–Crippen LogP) is -0.893. The summed E-state index contributed by atoms with van der Waals surface area (Å²) in [5, 5.41) is 32.8. The highest BCUT2D eigenvalue weighted by Gasteiger charge is 1.99. The van der Waals surface area contributed by atoms with E-state index in [1.54, 1.807) is 13.8 Å². The Balaban J connectivity index is 0. The third-order valence-electron chi connectivity index (χ3n) is 0.962. The first-order chi connectivity index (χ1) is 4.91. The van der Waals surface area contributed by atoms with Crippen LogP contribution in [-0.4, -0.2) is 45.3 Å². The van der Waals surface area contributed by atoms with Crippen molar-refractivity contribution >= 4 is 0 Å². The smallest absolute Gasteiger partial charge is 0.0768 e. The molecular formula is C7H18O4. The summed E-state index contributed by atoms with van der Waals surface area (Å²) >= 11 is 0. The van der Waals surface area contributed by atoms with E-state index < -0.39 is 18.3 Å². The second-order valence-electron chi connectivity index (χ2n) is 2.51. The summed E-state index contributed by atoms with van der Waals surface area (Å²) in [7, 11) is 0. The number of aliphatic hydroxyl groups is 4. The van der Waals surface area contributed by atoms with E-state index in [0.717, 1.165) is 0 Å². The lowest BCUT2D eigenvalue weighted by Gasteiger charge is -2.03. The fraction of sp³-hybridized carbons (Fsp3) is 1.00. The maximum absolute atomic E-state index is 8.38. The van der Waals surface area contributed by atoms with Crippen molar-refractivity contribution in [3.63, 3.8) is 0 Å². The van der Waals surface area contributed by atoms with Gasteiger partial charge in [0.15, 0.2) is 0 Å². The molecular weight excluding hydrogens is 148 g/mol. The summed E-state index contributed by atoms with van der Waals surface area (Å²) < 4.78 is 0. The van der Waals surface area contributed by atoms with Crippen molar-refractivity contribution in [2.45, 2.75) is 39.1 Å². The van der Waals surface area contributed by atoms with Gasteiger partial charge in [-0.2, -0.15) is 0 Å². The monoisotopic (exact) mass is 166 g/mol. The molecule has 0 aromatic carbocycles. The summed E-state index contributed by atoms with van der Waals surface area (Å²) in [6.45, 7) is 4.48. The van der Waals surface area contributed by atoms with Crippen LogP contribution in [0.5, 0.6) is 0 Å². The standard InChI is InChI=1S/C4H10O2.C3H8O2/c1-3(5)4(2)6;1-3(5)2-4/h3-6H,1-2H3;3-5H,2H2,1H3/t;3-/m.1/s1. The van der Waals surface area contributed by atoms with Crippen LogP contribution >= 0.6 is 0 Å². The zero-order valence-corrected chi connectivity index (χ0v) is 7.23. The van der Waals surface area contributed by atoms with E-state index in [1.807, 2.05) is 0 Å². The van der Waals surface area contributed by atoms with E-state index in [9.17, 15) is 0 Å². The fourth-order valence-corrected chi connectivity index (χ4v) is 0. The lowest BCUT2D eigenvalue weighted by molar-refractivity contribution is 0.0438. The Hall–Kier alpha value is -0.160. The molecule has 0 amide bonds. The minimum atomic E-state index is -0.593. The van der Waals surface area contributed by atoms with Crippen LogP contribution in [0.2, 0.25) is 0 Å². The van der Waals surface area contributed by atoms with Crippen LogP contribution in [-0.2, 0) is 0 Å². The predicted molar refractivity (Wildman–Crippen MR) is 42.1 cm³/mol. The van der Waals surface area contributed by atoms with Crippen LogP contribution in [0.15, 0.2) is 0 Å². The van der Waals surface area contributed by atoms with E-state index >= 15 is 0 Å². The van der Waals surface area contributed by atoms with Gasteiger partial charge in [-0.1, -0.05) is 0 Å². The van der Waals surface area contributed by atoms with Gasteiger partial charge in [-0.25, -0.2) is 0 Å². The van der Waals surface area contributed by atoms with Crippen molar-refractivity contribution in [2.75, 3.05) is 6.61 Å². The Morgan fingerprint density at radius 3 is 1.09 bits per heavy atom. The Labute approximate surface area is 67.1 Å². The first-order valence-corrected chi connectivity index (χ1v) is 3.56. The van der Waals surface area contributed by atoms with E-state index in [2.05, 4.69) is 0 Å². The molecule has 0 bridgehead atoms. The molecule has 0 fully saturated rings. The third-order valence-corrected chi connectivity index (χ3v) is 0.962. The van der Waals surface area contributed by atoms with Crippen molar-refractivity contribution in [1.82, 2.24) is 0 Å². The Morgan fingerprint density at radius 2 is 1.09 bits per heavy atom. The molecule has 4 N–H and O–H groups in total. The Kier molecular flexibility index (Phi) is 9.70. The third kappa shape index (κ3) is 17.7. The van der Waals surface area contributed by atoms with Crippen LogP contribution in [0.3, 0.4) is 0 Å². The first kappa shape index (κ1) is 13.4. The van der Waals surface area contributed by atoms with Crippen molar-refractivity contribution in [3.05, 3.63) is 0 Å². The minimum Gasteiger partial charge on any atom is -0.394 e. The normalized spacial score (nSPS) is 17.7. The van der Waals surface area contributed by atoms with Crippen LogP contribution in [0.25, 0.3) is 0 Å². The van der Waals surface area contributed by atoms with E-state index in [-0.39, 0.29) is 6.61 Å². The van der Waals surface area contributed by atoms with Gasteiger partial charge in [0.2, 0.25) is 0 Å². The van der Waals surface area contributed by atoms with E-state index in [1.165, 1.54) is 6.92 Å². The summed E-state index contributed by atoms with van der Waals surface area (Å²) in [6.07, 6.45) is -1.75. The van der Waals surface area contributed by atoms with Gasteiger partial charge in [0.05, 0.1) is 24.9 Å². The lowest BCUT2D eigenvalue weighted by atomic mass is 10.3. The van der Waals surface area contributed by atoms with Crippen molar-refractivity contribution in [1.29, 1.82) is 0 Å². The molecule has 4 heteroatoms. The van der Waals surface area contributed by atoms with Gasteiger partial charge in [-0.05, 0) is 20.8 Å². The molecule has 0 aliphatic carbocycles. The Morgan fingerprint density at radius 1 is 0.909 bits per heavy atom. The highest BCUT2D eigenvalue weighted by Crippen LogP contribution is 1.85. The molecule has 70 valence electrons. The summed E-state index contributed by atoms with van der Waals surface area (Å²) in [5.74, 6) is 0. The molecule has 0 aromatic heterocycles. The first-order valence-electron chi connectivity index (χ1n) is 3.56. The van der Waals surface area contributed by atoms with Gasteiger partial charge in [0.1, 0.15) is 0 Å². The van der Waals surface area contributed by atoms with Crippen LogP contribution in [0.4, 0.5) is 0 Å². The maximum atomic E-state index is 8.38. The molecule has 0 aromatic rings. The topological polar surface area (TPSA) is 80.9 Å². The molecule has 2 unspecified atom stereocenters. The number of hydrogen-bond donors (Lipinski definition) is 4. The van der Waals surface area contributed by atoms with Crippen LogP contribution in [0, 0.1) is 0 Å². The fourth-order valence-electron chi connectivity index (χ4n) is 0. The molecule has 3 atom stereocenters. The average Bonchev–Trinajstić information content (AvgIpc) is 1.89. The molecule has 0 saturated carbocycles. The van der Waals surface area contributed by atoms with Crippen LogP contribution < -0.4 is 0 Å². The molecule has 0 saturated heterocycles. The van der Waals surface area contributed by atoms with Gasteiger partial charge in [0, 0.05) is 0 Å². The van der Waals surface area contributed by atoms with Gasteiger partial charge in [0.25, 0.3) is 0 Å². The molecule has 0 aliphatic rings. The van der Waals surface area contributed by atoms with Gasteiger partial charge in [-0.3, -0.25) is 0 Å². The van der Waals surface area contributed by atoms with Crippen molar-refractivity contribution in [2.24, 2.45) is 0 Å². The second-order valence-corrected chi connectivity index (χ2v) is 2.51. The lowest BCUT2D eigenvalue weighted by Crippen LogP contribution is -2.17. The largest absolute Gasteiger partial charge is 0.394 e. The number of rotatable bonds is 2. The van der Waals surface area contributed by atoms with E-state index in [0.29, 0.717) is 0 Å². The molecule has 0 rings (SSSR count). The second kappa shape index (κ2) is 7.94. The molecule has 0 spiro atoms. The summed E-state index contributed by atoms with van der Waals surface area (Å²) in [4.78, 5) is 0. The van der Waals surface area contributed by atoms with E-state index in [4.69, 9.17) is 20.4 Å². The average molecular weight is 166 g/mol. The van der Waals surface area contributed by atoms with Crippen molar-refractivity contribution < 1.29 is 20.4 Å². The Bertz CT molecular complexity index is 64.8. The molecule has 0 aliphatic heterocycles. The summed E-state index contributed by atoms with van der Waals surface area (Å²) in [5.41, 5.74) is 0. The number of hydrogen-bond acceptors (Lipinski definition) is 4. The number of aliphatic hydroxyl groups excluding tert-OH is 4. The highest BCUT2D eigenvalue weighted by atomic mass is 16.3. The molecule has 0 radical (unpaired) electrons. The summed E-state index contributed by atoms with van der Waals surface area (Å²) in [6, 6.07) is 0. The minimum absolute atomic E-state index is 0.139. The quantitative estimate of drug-likeness (QED) is 0.429. The van der Waals surface area contributed by atoms with Crippen LogP contribution in [0.1, 0.15) is 20.8 Å². The molecule has 4 nitrogen and oxygen atoms in total. The SMILES string of the molecule is CC(O)C(C)O.C[C@@H](O)CO. The van der Waals surface area contributed by atoms with Gasteiger partial charge >= 0.3 is 0 Å². The van der Waals surface area contributed by atoms with Crippen molar-refractivity contribution in [3.8, 4) is 0 Å². The van der Waals surface area contributed by atoms with Gasteiger partial charge < -0.3 is 20.4 Å². The highest BCUT2D eigenvalue weighted by molar-refractivity contribution is 4.50. The zero-order valence-electron chi connectivity index (χ0n) is 7.23. The zero-order chi connectivity index (χ0) is 9.44. The maximum Gasteiger partial charge on any atom is 0.0768 e. The van der Waals surface area contributed by atoms with Gasteiger partial charge in [-0.15, -0.1) is 0 Å². The molecule has 0 heterocycles.